The molecule has 3 N–H and O–H groups in total. The van der Waals surface area contributed by atoms with Crippen LogP contribution in [-0.4, -0.2) is 37.3 Å². The van der Waals surface area contributed by atoms with Crippen LogP contribution in [0.3, 0.4) is 0 Å². The molecule has 164 valence electrons. The second kappa shape index (κ2) is 12.8. The van der Waals surface area contributed by atoms with Gasteiger partial charge in [0.25, 0.3) is 0 Å². The van der Waals surface area contributed by atoms with Gasteiger partial charge in [-0.2, -0.15) is 0 Å². The summed E-state index contributed by atoms with van der Waals surface area (Å²) in [5, 5.41) is 16.1. The van der Waals surface area contributed by atoms with Crippen molar-refractivity contribution in [1.29, 1.82) is 0 Å². The molecule has 0 amide bonds. The maximum absolute atomic E-state index is 9.30. The van der Waals surface area contributed by atoms with Gasteiger partial charge in [-0.25, -0.2) is 4.99 Å². The monoisotopic (exact) mass is 522 g/mol. The van der Waals surface area contributed by atoms with Gasteiger partial charge in [0, 0.05) is 38.5 Å². The number of aliphatic hydroxyl groups is 1. The number of aliphatic imine (C=N–C) groups is 1. The number of aliphatic hydroxyl groups excluding tert-OH is 1. The number of halogens is 1. The minimum atomic E-state index is 0. The van der Waals surface area contributed by atoms with E-state index >= 15 is 0 Å². The fourth-order valence-corrected chi connectivity index (χ4v) is 3.69. The van der Waals surface area contributed by atoms with Crippen molar-refractivity contribution in [3.05, 3.63) is 65.2 Å². The van der Waals surface area contributed by atoms with Crippen molar-refractivity contribution in [3.8, 4) is 0 Å². The van der Waals surface area contributed by atoms with E-state index in [0.717, 1.165) is 45.0 Å². The quantitative estimate of drug-likeness (QED) is 0.292. The van der Waals surface area contributed by atoms with Gasteiger partial charge < -0.3 is 20.6 Å². The van der Waals surface area contributed by atoms with Crippen molar-refractivity contribution < 1.29 is 5.11 Å². The Morgan fingerprint density at radius 3 is 2.40 bits per heavy atom. The molecule has 1 saturated heterocycles. The molecule has 0 bridgehead atoms. The third-order valence-electron chi connectivity index (χ3n) is 5.65. The van der Waals surface area contributed by atoms with Gasteiger partial charge in [0.15, 0.2) is 5.96 Å². The van der Waals surface area contributed by atoms with Crippen LogP contribution >= 0.6 is 24.0 Å². The Bertz CT molecular complexity index is 786. The summed E-state index contributed by atoms with van der Waals surface area (Å²) in [6, 6.07) is 17.1. The molecule has 30 heavy (non-hydrogen) atoms. The molecule has 6 heteroatoms. The van der Waals surface area contributed by atoms with Gasteiger partial charge in [0.1, 0.15) is 0 Å². The fourth-order valence-electron chi connectivity index (χ4n) is 3.69. The van der Waals surface area contributed by atoms with E-state index in [1.54, 1.807) is 0 Å². The fraction of sp³-hybridized carbons (Fsp3) is 0.458. The molecule has 3 rings (SSSR count). The van der Waals surface area contributed by atoms with Crippen molar-refractivity contribution in [3.63, 3.8) is 0 Å². The molecule has 1 aliphatic rings. The lowest BCUT2D eigenvalue weighted by Gasteiger charge is -2.32. The van der Waals surface area contributed by atoms with Gasteiger partial charge in [-0.05, 0) is 61.4 Å². The van der Waals surface area contributed by atoms with Gasteiger partial charge >= 0.3 is 0 Å². The number of guanidine groups is 1. The molecule has 1 heterocycles. The van der Waals surface area contributed by atoms with Crippen LogP contribution in [0.2, 0.25) is 0 Å². The molecular weight excluding hydrogens is 487 g/mol. The van der Waals surface area contributed by atoms with Gasteiger partial charge in [-0.15, -0.1) is 24.0 Å². The Labute approximate surface area is 198 Å². The number of nitrogens with one attached hydrogen (secondary N) is 2. The first-order valence-electron chi connectivity index (χ1n) is 10.7. The molecular formula is C24H35IN4O. The van der Waals surface area contributed by atoms with Crippen LogP contribution < -0.4 is 15.5 Å². The first-order valence-corrected chi connectivity index (χ1v) is 10.7. The zero-order chi connectivity index (χ0) is 20.5. The number of hydrogen-bond acceptors (Lipinski definition) is 3. The number of aryl methyl sites for hydroxylation is 1. The second-order valence-electron chi connectivity index (χ2n) is 7.75. The summed E-state index contributed by atoms with van der Waals surface area (Å²) < 4.78 is 0. The molecule has 0 radical (unpaired) electrons. The third kappa shape index (κ3) is 7.16. The van der Waals surface area contributed by atoms with E-state index in [1.165, 1.54) is 22.4 Å². The molecule has 0 unspecified atom stereocenters. The lowest BCUT2D eigenvalue weighted by Crippen LogP contribution is -2.36. The lowest BCUT2D eigenvalue weighted by molar-refractivity contribution is 0.203. The summed E-state index contributed by atoms with van der Waals surface area (Å²) in [4.78, 5) is 7.15. The Kier molecular flexibility index (Phi) is 10.4. The SMILES string of the molecule is CCNC(=NCc1ccc(N2CCC(CO)CC2)cc1)NCc1ccccc1C.I. The summed E-state index contributed by atoms with van der Waals surface area (Å²) >= 11 is 0. The Hall–Kier alpha value is -1.80. The summed E-state index contributed by atoms with van der Waals surface area (Å²) in [7, 11) is 0. The first-order chi connectivity index (χ1) is 14.2. The van der Waals surface area contributed by atoms with Crippen LogP contribution in [0.15, 0.2) is 53.5 Å². The van der Waals surface area contributed by atoms with Crippen LogP contribution in [-0.2, 0) is 13.1 Å². The van der Waals surface area contributed by atoms with Gasteiger partial charge in [0.2, 0.25) is 0 Å². The predicted octanol–water partition coefficient (Wildman–Crippen LogP) is 4.08. The summed E-state index contributed by atoms with van der Waals surface area (Å²) in [5.74, 6) is 1.31. The summed E-state index contributed by atoms with van der Waals surface area (Å²) in [5.41, 5.74) is 5.03. The highest BCUT2D eigenvalue weighted by Gasteiger charge is 2.18. The molecule has 0 saturated carbocycles. The van der Waals surface area contributed by atoms with Crippen LogP contribution in [0.25, 0.3) is 0 Å². The molecule has 2 aromatic carbocycles. The first kappa shape index (κ1) is 24.5. The number of hydrogen-bond donors (Lipinski definition) is 3. The van der Waals surface area contributed by atoms with Crippen molar-refractivity contribution in [1.82, 2.24) is 10.6 Å². The lowest BCUT2D eigenvalue weighted by atomic mass is 9.97. The molecule has 1 fully saturated rings. The molecule has 0 aromatic heterocycles. The normalized spacial score (nSPS) is 14.9. The highest BCUT2D eigenvalue weighted by Crippen LogP contribution is 2.23. The molecule has 2 aromatic rings. The number of anilines is 1. The van der Waals surface area contributed by atoms with E-state index in [2.05, 4.69) is 77.9 Å². The zero-order valence-corrected chi connectivity index (χ0v) is 20.4. The predicted molar refractivity (Wildman–Crippen MR) is 137 cm³/mol. The summed E-state index contributed by atoms with van der Waals surface area (Å²) in [6.45, 7) is 8.83. The maximum Gasteiger partial charge on any atom is 0.191 e. The van der Waals surface area contributed by atoms with E-state index < -0.39 is 0 Å². The third-order valence-corrected chi connectivity index (χ3v) is 5.65. The van der Waals surface area contributed by atoms with Crippen LogP contribution in [0.4, 0.5) is 5.69 Å². The number of benzene rings is 2. The molecule has 5 nitrogen and oxygen atoms in total. The van der Waals surface area contributed by atoms with Crippen molar-refractivity contribution in [2.75, 3.05) is 31.1 Å². The van der Waals surface area contributed by atoms with E-state index in [1.807, 2.05) is 0 Å². The van der Waals surface area contributed by atoms with Gasteiger partial charge in [0.05, 0.1) is 6.54 Å². The van der Waals surface area contributed by atoms with E-state index in [4.69, 9.17) is 4.99 Å². The standard InChI is InChI=1S/C24H34N4O.HI/c1-3-25-24(27-17-22-7-5-4-6-19(22)2)26-16-20-8-10-23(11-9-20)28-14-12-21(18-29)13-15-28;/h4-11,21,29H,3,12-18H2,1-2H3,(H2,25,26,27);1H. The van der Waals surface area contributed by atoms with Gasteiger partial charge in [-0.1, -0.05) is 36.4 Å². The molecule has 0 aliphatic carbocycles. The largest absolute Gasteiger partial charge is 0.396 e. The highest BCUT2D eigenvalue weighted by atomic mass is 127. The van der Waals surface area contributed by atoms with Crippen molar-refractivity contribution in [2.24, 2.45) is 10.9 Å². The van der Waals surface area contributed by atoms with E-state index in [9.17, 15) is 5.11 Å². The average molecular weight is 522 g/mol. The Morgan fingerprint density at radius 1 is 1.07 bits per heavy atom. The van der Waals surface area contributed by atoms with Crippen molar-refractivity contribution >= 4 is 35.6 Å². The van der Waals surface area contributed by atoms with Crippen molar-refractivity contribution in [2.45, 2.75) is 39.8 Å². The molecule has 1 aliphatic heterocycles. The Morgan fingerprint density at radius 2 is 1.77 bits per heavy atom. The van der Waals surface area contributed by atoms with E-state index in [-0.39, 0.29) is 24.0 Å². The van der Waals surface area contributed by atoms with Crippen LogP contribution in [0.1, 0.15) is 36.5 Å². The number of piperidine rings is 1. The average Bonchev–Trinajstić information content (AvgIpc) is 2.77. The molecule has 0 atom stereocenters. The maximum atomic E-state index is 9.30. The van der Waals surface area contributed by atoms with Crippen LogP contribution in [0, 0.1) is 12.8 Å². The molecule has 0 spiro atoms. The highest BCUT2D eigenvalue weighted by molar-refractivity contribution is 14.0. The van der Waals surface area contributed by atoms with E-state index in [0.29, 0.717) is 19.1 Å². The number of rotatable bonds is 7. The van der Waals surface area contributed by atoms with Gasteiger partial charge in [-0.3, -0.25) is 0 Å². The minimum Gasteiger partial charge on any atom is -0.396 e. The Balaban J connectivity index is 0.00000320. The smallest absolute Gasteiger partial charge is 0.191 e. The minimum absolute atomic E-state index is 0. The number of nitrogens with zero attached hydrogens (tertiary/aromatic N) is 2. The topological polar surface area (TPSA) is 59.9 Å². The zero-order valence-electron chi connectivity index (χ0n) is 18.1. The van der Waals surface area contributed by atoms with Crippen LogP contribution in [0.5, 0.6) is 0 Å². The summed E-state index contributed by atoms with van der Waals surface area (Å²) in [6.07, 6.45) is 2.14. The second-order valence-corrected chi connectivity index (χ2v) is 7.75.